The van der Waals surface area contributed by atoms with Crippen LogP contribution in [-0.2, 0) is 17.6 Å². The summed E-state index contributed by atoms with van der Waals surface area (Å²) in [7, 11) is 0. The number of hydrazine groups is 1. The first-order chi connectivity index (χ1) is 17.9. The molecular weight excluding hydrogens is 474 g/mol. The molecule has 2 aliphatic rings. The van der Waals surface area contributed by atoms with Crippen LogP contribution in [0.1, 0.15) is 45.0 Å². The van der Waals surface area contributed by atoms with E-state index in [1.54, 1.807) is 4.90 Å². The van der Waals surface area contributed by atoms with Gasteiger partial charge in [-0.1, -0.05) is 39.0 Å². The lowest BCUT2D eigenvalue weighted by atomic mass is 9.91. The standard InChI is InChI=1S/C25H37N9O3/c1-4-12-32-23(36)22-25(5-2,33(24(32)37)13-11-18-9-7-8-10-19(18)26)29-21(16-20-27-17-28-30-20)34(22)31(6-3)14-15-35/h7-10,17,22,35H,4-6,11-16,26H2,1-3H3,(H,27,28,30). The number of aromatic amines is 1. The number of imide groups is 1. The molecule has 0 bridgehead atoms. The number of aliphatic imine (C=N–C) groups is 1. The van der Waals surface area contributed by atoms with Gasteiger partial charge in [0, 0.05) is 31.9 Å². The smallest absolute Gasteiger partial charge is 0.328 e. The Bertz CT molecular complexity index is 1120. The summed E-state index contributed by atoms with van der Waals surface area (Å²) in [5.41, 5.74) is 6.69. The summed E-state index contributed by atoms with van der Waals surface area (Å²) in [4.78, 5) is 40.4. The zero-order valence-corrected chi connectivity index (χ0v) is 21.8. The summed E-state index contributed by atoms with van der Waals surface area (Å²) < 4.78 is 0. The number of urea groups is 1. The van der Waals surface area contributed by atoms with Crippen LogP contribution in [0.3, 0.4) is 0 Å². The van der Waals surface area contributed by atoms with Crippen molar-refractivity contribution in [3.05, 3.63) is 42.0 Å². The lowest BCUT2D eigenvalue weighted by Gasteiger charge is -2.51. The van der Waals surface area contributed by atoms with Gasteiger partial charge >= 0.3 is 6.03 Å². The number of aromatic nitrogens is 3. The number of nitrogen functional groups attached to an aromatic ring is 1. The van der Waals surface area contributed by atoms with Gasteiger partial charge in [0.1, 0.15) is 18.0 Å². The molecule has 1 saturated heterocycles. The SMILES string of the molecule is CCCN1C(=O)C2N(N(CC)CCO)C(Cc3ncn[nH]3)=NC2(CC)N(CCc2ccccc2N)C1=O. The first-order valence-electron chi connectivity index (χ1n) is 13.0. The number of benzene rings is 1. The number of anilines is 1. The second kappa shape index (κ2) is 11.3. The first kappa shape index (κ1) is 26.6. The fraction of sp³-hybridized carbons (Fsp3) is 0.560. The number of carbonyl (C=O) groups excluding carboxylic acids is 2. The lowest BCUT2D eigenvalue weighted by Crippen LogP contribution is -2.74. The van der Waals surface area contributed by atoms with Crippen LogP contribution in [-0.4, -0.2) is 102 Å². The highest BCUT2D eigenvalue weighted by Crippen LogP contribution is 2.41. The van der Waals surface area contributed by atoms with Gasteiger partial charge in [-0.2, -0.15) is 5.10 Å². The number of aliphatic hydroxyl groups is 1. The van der Waals surface area contributed by atoms with E-state index < -0.39 is 11.7 Å². The van der Waals surface area contributed by atoms with Gasteiger partial charge in [0.05, 0.1) is 13.0 Å². The van der Waals surface area contributed by atoms with E-state index in [9.17, 15) is 14.7 Å². The maximum Gasteiger partial charge on any atom is 0.328 e. The van der Waals surface area contributed by atoms with Gasteiger partial charge in [-0.25, -0.2) is 19.8 Å². The normalized spacial score (nSPS) is 21.7. The van der Waals surface area contributed by atoms with Crippen molar-refractivity contribution in [2.24, 2.45) is 4.99 Å². The number of aliphatic hydroxyl groups excluding tert-OH is 1. The number of carbonyl (C=O) groups is 2. The van der Waals surface area contributed by atoms with Crippen LogP contribution in [0.25, 0.3) is 0 Å². The van der Waals surface area contributed by atoms with Crippen molar-refractivity contribution in [1.29, 1.82) is 0 Å². The number of fused-ring (bicyclic) bond motifs is 1. The van der Waals surface area contributed by atoms with E-state index in [4.69, 9.17) is 10.7 Å². The van der Waals surface area contributed by atoms with E-state index in [2.05, 4.69) is 15.2 Å². The highest BCUT2D eigenvalue weighted by molar-refractivity contribution is 6.05. The lowest BCUT2D eigenvalue weighted by molar-refractivity contribution is -0.151. The minimum absolute atomic E-state index is 0.0887. The predicted molar refractivity (Wildman–Crippen MR) is 139 cm³/mol. The molecule has 2 atom stereocenters. The number of hydrogen-bond acceptors (Lipinski definition) is 9. The number of nitrogens with one attached hydrogen (secondary N) is 1. The third-order valence-electron chi connectivity index (χ3n) is 7.14. The number of amides is 3. The number of nitrogens with zero attached hydrogens (tertiary/aromatic N) is 7. The minimum Gasteiger partial charge on any atom is -0.399 e. The number of rotatable bonds is 12. The summed E-state index contributed by atoms with van der Waals surface area (Å²) in [5, 5.41) is 20.4. The van der Waals surface area contributed by atoms with Crippen molar-refractivity contribution in [2.75, 3.05) is 38.5 Å². The van der Waals surface area contributed by atoms with Crippen LogP contribution in [0.4, 0.5) is 10.5 Å². The van der Waals surface area contributed by atoms with Gasteiger partial charge in [0.2, 0.25) is 0 Å². The largest absolute Gasteiger partial charge is 0.399 e. The van der Waals surface area contributed by atoms with Crippen LogP contribution in [0.15, 0.2) is 35.6 Å². The molecule has 0 radical (unpaired) electrons. The average molecular weight is 512 g/mol. The molecular formula is C25H37N9O3. The van der Waals surface area contributed by atoms with E-state index in [0.29, 0.717) is 69.2 Å². The Morgan fingerprint density at radius 3 is 2.59 bits per heavy atom. The van der Waals surface area contributed by atoms with Gasteiger partial charge in [0.25, 0.3) is 5.91 Å². The molecule has 12 heteroatoms. The zero-order chi connectivity index (χ0) is 26.6. The summed E-state index contributed by atoms with van der Waals surface area (Å²) in [6.07, 6.45) is 3.34. The van der Waals surface area contributed by atoms with Crippen molar-refractivity contribution >= 4 is 23.5 Å². The Morgan fingerprint density at radius 1 is 1.19 bits per heavy atom. The summed E-state index contributed by atoms with van der Waals surface area (Å²) in [6, 6.07) is 6.50. The maximum absolute atomic E-state index is 14.0. The van der Waals surface area contributed by atoms with Crippen LogP contribution in [0.5, 0.6) is 0 Å². The summed E-state index contributed by atoms with van der Waals surface area (Å²) in [5.74, 6) is 0.918. The van der Waals surface area contributed by atoms with E-state index in [1.165, 1.54) is 11.2 Å². The molecule has 2 aliphatic heterocycles. The second-order valence-electron chi connectivity index (χ2n) is 9.26. The number of amidine groups is 1. The molecule has 3 amide bonds. The molecule has 3 heterocycles. The fourth-order valence-corrected chi connectivity index (χ4v) is 5.37. The molecule has 2 aromatic rings. The Labute approximate surface area is 217 Å². The van der Waals surface area contributed by atoms with Gasteiger partial charge in [-0.3, -0.25) is 24.7 Å². The van der Waals surface area contributed by atoms with Gasteiger partial charge in [-0.15, -0.1) is 0 Å². The van der Waals surface area contributed by atoms with Crippen LogP contribution in [0, 0.1) is 0 Å². The Hall–Kier alpha value is -3.51. The Morgan fingerprint density at radius 2 is 1.97 bits per heavy atom. The van der Waals surface area contributed by atoms with Gasteiger partial charge < -0.3 is 10.8 Å². The molecule has 4 N–H and O–H groups in total. The topological polar surface area (TPSA) is 147 Å². The number of likely N-dealkylation sites (N-methyl/N-ethyl adjacent to an activating group) is 1. The van der Waals surface area contributed by atoms with Crippen LogP contribution < -0.4 is 5.73 Å². The molecule has 2 unspecified atom stereocenters. The molecule has 0 aliphatic carbocycles. The van der Waals surface area contributed by atoms with Crippen LogP contribution in [0.2, 0.25) is 0 Å². The quantitative estimate of drug-likeness (QED) is 0.361. The third-order valence-corrected chi connectivity index (χ3v) is 7.14. The molecule has 1 aromatic carbocycles. The van der Waals surface area contributed by atoms with Crippen molar-refractivity contribution in [3.8, 4) is 0 Å². The van der Waals surface area contributed by atoms with Crippen molar-refractivity contribution < 1.29 is 14.7 Å². The molecule has 4 rings (SSSR count). The third kappa shape index (κ3) is 4.78. The second-order valence-corrected chi connectivity index (χ2v) is 9.26. The van der Waals surface area contributed by atoms with E-state index >= 15 is 0 Å². The predicted octanol–water partition coefficient (Wildman–Crippen LogP) is 1.26. The number of hydrogen-bond donors (Lipinski definition) is 3. The molecule has 200 valence electrons. The molecule has 12 nitrogen and oxygen atoms in total. The number of H-pyrrole nitrogens is 1. The molecule has 37 heavy (non-hydrogen) atoms. The Kier molecular flexibility index (Phi) is 8.08. The summed E-state index contributed by atoms with van der Waals surface area (Å²) in [6.45, 7) is 7.30. The first-order valence-corrected chi connectivity index (χ1v) is 13.0. The van der Waals surface area contributed by atoms with E-state index in [-0.39, 0.29) is 18.5 Å². The molecule has 0 spiro atoms. The van der Waals surface area contributed by atoms with E-state index in [1.807, 2.05) is 55.1 Å². The number of para-hydroxylation sites is 1. The summed E-state index contributed by atoms with van der Waals surface area (Å²) >= 11 is 0. The average Bonchev–Trinajstić information content (AvgIpc) is 3.53. The van der Waals surface area contributed by atoms with Gasteiger partial charge in [-0.05, 0) is 30.9 Å². The van der Waals surface area contributed by atoms with Crippen molar-refractivity contribution in [1.82, 2.24) is 35.0 Å². The monoisotopic (exact) mass is 511 g/mol. The Balaban J connectivity index is 1.81. The zero-order valence-electron chi connectivity index (χ0n) is 21.8. The number of nitrogens with two attached hydrogens (primary N) is 1. The fourth-order valence-electron chi connectivity index (χ4n) is 5.37. The van der Waals surface area contributed by atoms with Crippen LogP contribution >= 0.6 is 0 Å². The molecule has 1 fully saturated rings. The molecule has 0 saturated carbocycles. The van der Waals surface area contributed by atoms with E-state index in [0.717, 1.165) is 5.56 Å². The highest BCUT2D eigenvalue weighted by atomic mass is 16.3. The molecule has 1 aromatic heterocycles. The maximum atomic E-state index is 14.0. The van der Waals surface area contributed by atoms with Crippen molar-refractivity contribution in [2.45, 2.75) is 58.2 Å². The van der Waals surface area contributed by atoms with Gasteiger partial charge in [0.15, 0.2) is 11.7 Å². The highest BCUT2D eigenvalue weighted by Gasteiger charge is 2.62. The minimum atomic E-state index is -1.11. The van der Waals surface area contributed by atoms with Crippen molar-refractivity contribution in [3.63, 3.8) is 0 Å².